The fraction of sp³-hybridized carbons (Fsp3) is 0.600. The zero-order valence-corrected chi connectivity index (χ0v) is 13.4. The Hall–Kier alpha value is -0.980. The molecule has 0 spiro atoms. The van der Waals surface area contributed by atoms with Crippen LogP contribution in [0.5, 0.6) is 0 Å². The van der Waals surface area contributed by atoms with Gasteiger partial charge in [-0.15, -0.1) is 0 Å². The lowest BCUT2D eigenvalue weighted by molar-refractivity contribution is 0.113. The molecule has 4 nitrogen and oxygen atoms in total. The first kappa shape index (κ1) is 18.1. The molecule has 0 saturated carbocycles. The maximum Gasteiger partial charge on any atom is 0.175 e. The van der Waals surface area contributed by atoms with Crippen LogP contribution in [0.15, 0.2) is 29.2 Å². The Morgan fingerprint density at radius 2 is 1.86 bits per heavy atom. The van der Waals surface area contributed by atoms with E-state index >= 15 is 0 Å². The van der Waals surface area contributed by atoms with Crippen LogP contribution in [0.4, 0.5) is 4.39 Å². The van der Waals surface area contributed by atoms with Crippen molar-refractivity contribution in [1.82, 2.24) is 5.32 Å². The maximum atomic E-state index is 13.1. The average molecular weight is 317 g/mol. The van der Waals surface area contributed by atoms with Gasteiger partial charge < -0.3 is 10.4 Å². The number of hydrogen-bond acceptors (Lipinski definition) is 4. The van der Waals surface area contributed by atoms with E-state index in [0.29, 0.717) is 12.1 Å². The quantitative estimate of drug-likeness (QED) is 0.686. The summed E-state index contributed by atoms with van der Waals surface area (Å²) in [5.74, 6) is 0. The largest absolute Gasteiger partial charge is 0.387 e. The van der Waals surface area contributed by atoms with Crippen molar-refractivity contribution in [3.8, 4) is 0 Å². The second kappa shape index (κ2) is 8.46. The Morgan fingerprint density at radius 1 is 1.24 bits per heavy atom. The van der Waals surface area contributed by atoms with Crippen LogP contribution in [0, 0.1) is 0 Å². The number of unbranched alkanes of at least 4 members (excludes halogenated alkanes) is 2. The third-order valence-electron chi connectivity index (χ3n) is 3.38. The molecule has 120 valence electrons. The van der Waals surface area contributed by atoms with E-state index in [4.69, 9.17) is 0 Å². The average Bonchev–Trinajstić information content (AvgIpc) is 2.46. The van der Waals surface area contributed by atoms with Crippen molar-refractivity contribution in [1.29, 1.82) is 0 Å². The Morgan fingerprint density at radius 3 is 2.33 bits per heavy atom. The standard InChI is InChI=1S/C15H24FNO3S/c1-3-4-5-10-17-14(11-16)15(18)12-6-8-13(9-7-12)21(2,19)20/h6-9,14-15,17-18H,3-5,10-11H2,1-2H3. The highest BCUT2D eigenvalue weighted by atomic mass is 32.2. The van der Waals surface area contributed by atoms with E-state index in [9.17, 15) is 17.9 Å². The number of halogens is 1. The van der Waals surface area contributed by atoms with Crippen LogP contribution in [0.25, 0.3) is 0 Å². The molecule has 0 bridgehead atoms. The van der Waals surface area contributed by atoms with Gasteiger partial charge in [0.25, 0.3) is 0 Å². The van der Waals surface area contributed by atoms with Crippen molar-refractivity contribution in [2.75, 3.05) is 19.5 Å². The van der Waals surface area contributed by atoms with Gasteiger partial charge in [0.15, 0.2) is 9.84 Å². The zero-order valence-electron chi connectivity index (χ0n) is 12.5. The van der Waals surface area contributed by atoms with Crippen LogP contribution in [0.1, 0.15) is 37.9 Å². The molecule has 0 aromatic heterocycles. The minimum Gasteiger partial charge on any atom is -0.387 e. The summed E-state index contributed by atoms with van der Waals surface area (Å²) in [6.07, 6.45) is 3.21. The summed E-state index contributed by atoms with van der Waals surface area (Å²) in [7, 11) is -3.26. The van der Waals surface area contributed by atoms with Crippen molar-refractivity contribution in [3.05, 3.63) is 29.8 Å². The van der Waals surface area contributed by atoms with Crippen molar-refractivity contribution < 1.29 is 17.9 Å². The lowest BCUT2D eigenvalue weighted by atomic mass is 10.0. The number of aliphatic hydroxyl groups excluding tert-OH is 1. The zero-order chi connectivity index (χ0) is 15.9. The van der Waals surface area contributed by atoms with Crippen molar-refractivity contribution >= 4 is 9.84 Å². The topological polar surface area (TPSA) is 66.4 Å². The van der Waals surface area contributed by atoms with Gasteiger partial charge in [-0.1, -0.05) is 31.9 Å². The first-order valence-electron chi connectivity index (χ1n) is 7.17. The minimum absolute atomic E-state index is 0.186. The number of benzene rings is 1. The predicted octanol–water partition coefficient (Wildman–Crippen LogP) is 2.24. The minimum atomic E-state index is -3.26. The van der Waals surface area contributed by atoms with Crippen LogP contribution in [-0.4, -0.2) is 39.0 Å². The molecule has 0 aliphatic heterocycles. The molecular weight excluding hydrogens is 293 g/mol. The Kier molecular flexibility index (Phi) is 7.28. The van der Waals surface area contributed by atoms with Crippen LogP contribution >= 0.6 is 0 Å². The van der Waals surface area contributed by atoms with Gasteiger partial charge in [-0.05, 0) is 30.7 Å². The molecule has 0 radical (unpaired) electrons. The van der Waals surface area contributed by atoms with Gasteiger partial charge in [-0.25, -0.2) is 12.8 Å². The lowest BCUT2D eigenvalue weighted by Crippen LogP contribution is -2.37. The smallest absolute Gasteiger partial charge is 0.175 e. The van der Waals surface area contributed by atoms with Gasteiger partial charge in [-0.3, -0.25) is 0 Å². The molecule has 21 heavy (non-hydrogen) atoms. The number of rotatable bonds is 9. The number of hydrogen-bond donors (Lipinski definition) is 2. The fourth-order valence-corrected chi connectivity index (χ4v) is 2.69. The summed E-state index contributed by atoms with van der Waals surface area (Å²) in [6.45, 7) is 2.06. The first-order valence-corrected chi connectivity index (χ1v) is 9.06. The van der Waals surface area contributed by atoms with Gasteiger partial charge in [0.2, 0.25) is 0 Å². The van der Waals surface area contributed by atoms with E-state index in [1.54, 1.807) is 0 Å². The Labute approximate surface area is 126 Å². The highest BCUT2D eigenvalue weighted by Crippen LogP contribution is 2.20. The molecule has 0 saturated heterocycles. The predicted molar refractivity (Wildman–Crippen MR) is 81.8 cm³/mol. The van der Waals surface area contributed by atoms with Gasteiger partial charge in [0.1, 0.15) is 6.67 Å². The van der Waals surface area contributed by atoms with Gasteiger partial charge >= 0.3 is 0 Å². The summed E-state index contributed by atoms with van der Waals surface area (Å²) in [5, 5.41) is 13.2. The van der Waals surface area contributed by atoms with E-state index < -0.39 is 28.7 Å². The normalized spacial score (nSPS) is 14.9. The molecule has 0 aliphatic rings. The molecule has 2 N–H and O–H groups in total. The summed E-state index contributed by atoms with van der Waals surface area (Å²) in [5.41, 5.74) is 0.507. The third kappa shape index (κ3) is 5.73. The molecule has 2 unspecified atom stereocenters. The van der Waals surface area contributed by atoms with Crippen LogP contribution in [0.2, 0.25) is 0 Å². The van der Waals surface area contributed by atoms with E-state index in [-0.39, 0.29) is 4.90 Å². The van der Waals surface area contributed by atoms with Crippen LogP contribution in [0.3, 0.4) is 0 Å². The lowest BCUT2D eigenvalue weighted by Gasteiger charge is -2.22. The third-order valence-corrected chi connectivity index (χ3v) is 4.51. The molecule has 0 fully saturated rings. The van der Waals surface area contributed by atoms with E-state index in [1.165, 1.54) is 24.3 Å². The Balaban J connectivity index is 2.69. The highest BCUT2D eigenvalue weighted by molar-refractivity contribution is 7.90. The van der Waals surface area contributed by atoms with Crippen molar-refractivity contribution in [2.24, 2.45) is 0 Å². The second-order valence-electron chi connectivity index (χ2n) is 5.21. The Bertz CT molecular complexity index is 516. The molecule has 0 aliphatic carbocycles. The summed E-state index contributed by atoms with van der Waals surface area (Å²) in [4.78, 5) is 0.186. The molecular formula is C15H24FNO3S. The van der Waals surface area contributed by atoms with E-state index in [0.717, 1.165) is 25.5 Å². The highest BCUT2D eigenvalue weighted by Gasteiger charge is 2.20. The summed E-state index contributed by atoms with van der Waals surface area (Å²) < 4.78 is 35.8. The number of nitrogens with one attached hydrogen (secondary N) is 1. The monoisotopic (exact) mass is 317 g/mol. The van der Waals surface area contributed by atoms with Crippen molar-refractivity contribution in [3.63, 3.8) is 0 Å². The van der Waals surface area contributed by atoms with E-state index in [1.807, 2.05) is 0 Å². The van der Waals surface area contributed by atoms with Crippen LogP contribution < -0.4 is 5.32 Å². The van der Waals surface area contributed by atoms with Gasteiger partial charge in [0, 0.05) is 6.26 Å². The number of alkyl halides is 1. The van der Waals surface area contributed by atoms with Gasteiger partial charge in [-0.2, -0.15) is 0 Å². The molecule has 1 aromatic carbocycles. The number of sulfone groups is 1. The summed E-state index contributed by atoms with van der Waals surface area (Å²) >= 11 is 0. The SMILES string of the molecule is CCCCCNC(CF)C(O)c1ccc(S(C)(=O)=O)cc1. The first-order chi connectivity index (χ1) is 9.90. The second-order valence-corrected chi connectivity index (χ2v) is 7.22. The summed E-state index contributed by atoms with van der Waals surface area (Å²) in [6, 6.07) is 5.24. The van der Waals surface area contributed by atoms with Gasteiger partial charge in [0.05, 0.1) is 17.0 Å². The van der Waals surface area contributed by atoms with Crippen molar-refractivity contribution in [2.45, 2.75) is 43.2 Å². The molecule has 0 amide bonds. The molecule has 1 rings (SSSR count). The molecule has 1 aromatic rings. The van der Waals surface area contributed by atoms with E-state index in [2.05, 4.69) is 12.2 Å². The molecule has 2 atom stereocenters. The molecule has 0 heterocycles. The maximum absolute atomic E-state index is 13.1. The fourth-order valence-electron chi connectivity index (χ4n) is 2.06. The molecule has 6 heteroatoms. The van der Waals surface area contributed by atoms with Crippen LogP contribution in [-0.2, 0) is 9.84 Å². The number of aliphatic hydroxyl groups is 1.